The van der Waals surface area contributed by atoms with Crippen molar-refractivity contribution in [1.82, 2.24) is 15.3 Å². The molecule has 112 valence electrons. The highest BCUT2D eigenvalue weighted by atomic mass is 32.2. The van der Waals surface area contributed by atoms with E-state index >= 15 is 0 Å². The first-order valence-corrected chi connectivity index (χ1v) is 7.50. The lowest BCUT2D eigenvalue weighted by Crippen LogP contribution is -2.55. The summed E-state index contributed by atoms with van der Waals surface area (Å²) in [6.07, 6.45) is 0.558. The maximum atomic E-state index is 11.6. The van der Waals surface area contributed by atoms with Crippen molar-refractivity contribution in [1.29, 1.82) is 0 Å². The van der Waals surface area contributed by atoms with Gasteiger partial charge >= 0.3 is 0 Å². The predicted molar refractivity (Wildman–Crippen MR) is 80.8 cm³/mol. The normalized spacial score (nSPS) is 14.2. The van der Waals surface area contributed by atoms with Gasteiger partial charge in [-0.25, -0.2) is 4.98 Å². The van der Waals surface area contributed by atoms with Crippen LogP contribution in [-0.4, -0.2) is 33.2 Å². The minimum absolute atomic E-state index is 0.161. The van der Waals surface area contributed by atoms with Crippen molar-refractivity contribution in [3.63, 3.8) is 0 Å². The third kappa shape index (κ3) is 4.97. The zero-order valence-corrected chi connectivity index (χ0v) is 13.1. The molecule has 1 aromatic rings. The maximum Gasteiger partial charge on any atom is 0.251 e. The Hall–Kier alpha value is -1.34. The van der Waals surface area contributed by atoms with Crippen LogP contribution in [0.4, 0.5) is 0 Å². The van der Waals surface area contributed by atoms with Crippen molar-refractivity contribution < 1.29 is 4.79 Å². The molecule has 0 saturated heterocycles. The van der Waals surface area contributed by atoms with E-state index in [1.54, 1.807) is 13.8 Å². The summed E-state index contributed by atoms with van der Waals surface area (Å²) in [5, 5.41) is 3.75. The Kier molecular flexibility index (Phi) is 5.76. The summed E-state index contributed by atoms with van der Waals surface area (Å²) in [5.74, 6) is 0.253. The number of primary amides is 1. The minimum atomic E-state index is -0.759. The molecule has 4 N–H and O–H groups in total. The molecule has 0 aromatic carbocycles. The monoisotopic (exact) mass is 298 g/mol. The molecule has 20 heavy (non-hydrogen) atoms. The molecule has 1 unspecified atom stereocenters. The summed E-state index contributed by atoms with van der Waals surface area (Å²) in [7, 11) is 0. The lowest BCUT2D eigenvalue weighted by Gasteiger charge is -2.29. The number of hydrogen-bond acceptors (Lipinski definition) is 5. The molecule has 0 aliphatic rings. The van der Waals surface area contributed by atoms with Crippen molar-refractivity contribution >= 4 is 17.7 Å². The number of aromatic amines is 1. The minimum Gasteiger partial charge on any atom is -0.368 e. The van der Waals surface area contributed by atoms with E-state index in [1.807, 2.05) is 13.8 Å². The van der Waals surface area contributed by atoms with Crippen LogP contribution < -0.4 is 16.6 Å². The van der Waals surface area contributed by atoms with E-state index in [0.29, 0.717) is 23.0 Å². The molecule has 0 radical (unpaired) electrons. The number of nitrogens with one attached hydrogen (secondary N) is 2. The van der Waals surface area contributed by atoms with Crippen molar-refractivity contribution in [3.8, 4) is 0 Å². The molecular weight excluding hydrogens is 276 g/mol. The Bertz CT molecular complexity index is 529. The number of thioether (sulfide) groups is 1. The van der Waals surface area contributed by atoms with E-state index < -0.39 is 5.54 Å². The third-order valence-electron chi connectivity index (χ3n) is 2.84. The van der Waals surface area contributed by atoms with Crippen LogP contribution in [0.25, 0.3) is 0 Å². The van der Waals surface area contributed by atoms with Gasteiger partial charge in [0.15, 0.2) is 5.16 Å². The van der Waals surface area contributed by atoms with Crippen LogP contribution in [0.3, 0.4) is 0 Å². The second-order valence-corrected chi connectivity index (χ2v) is 6.37. The number of H-pyrrole nitrogens is 1. The molecular formula is C13H22N4O2S. The average molecular weight is 298 g/mol. The smallest absolute Gasteiger partial charge is 0.251 e. The molecule has 0 fully saturated rings. The van der Waals surface area contributed by atoms with E-state index in [2.05, 4.69) is 15.3 Å². The molecule has 1 amide bonds. The average Bonchev–Trinajstić information content (AvgIpc) is 2.26. The number of carbonyl (C=O) groups is 1. The van der Waals surface area contributed by atoms with Gasteiger partial charge in [0.05, 0.1) is 5.54 Å². The number of aryl methyl sites for hydroxylation is 1. The van der Waals surface area contributed by atoms with E-state index in [4.69, 9.17) is 5.73 Å². The Morgan fingerprint density at radius 1 is 1.60 bits per heavy atom. The molecule has 1 aromatic heterocycles. The highest BCUT2D eigenvalue weighted by molar-refractivity contribution is 7.99. The highest BCUT2D eigenvalue weighted by Gasteiger charge is 2.30. The lowest BCUT2D eigenvalue weighted by atomic mass is 9.97. The lowest BCUT2D eigenvalue weighted by molar-refractivity contribution is -0.124. The molecule has 7 heteroatoms. The first-order valence-electron chi connectivity index (χ1n) is 6.51. The number of hydrogen-bond donors (Lipinski definition) is 3. The largest absolute Gasteiger partial charge is 0.368 e. The number of carbonyl (C=O) groups excluding carboxylic acids is 1. The van der Waals surface area contributed by atoms with Gasteiger partial charge in [0.25, 0.3) is 5.56 Å². The number of nitrogens with two attached hydrogens (primary N) is 1. The molecule has 0 bridgehead atoms. The fourth-order valence-corrected chi connectivity index (χ4v) is 2.96. The van der Waals surface area contributed by atoms with Crippen molar-refractivity contribution in [2.24, 2.45) is 5.73 Å². The van der Waals surface area contributed by atoms with E-state index in [0.717, 1.165) is 0 Å². The molecule has 1 heterocycles. The standard InChI is InChI=1S/C13H22N4O2S/c1-8(2)17-13(4,11(14)19)5-6-20-12-15-9(3)7-10(18)16-12/h7-8,17H,5-6H2,1-4H3,(H2,14,19)(H,15,16,18). The van der Waals surface area contributed by atoms with Crippen LogP contribution in [0.2, 0.25) is 0 Å². The van der Waals surface area contributed by atoms with Gasteiger partial charge in [0, 0.05) is 23.6 Å². The fraction of sp³-hybridized carbons (Fsp3) is 0.615. The van der Waals surface area contributed by atoms with Crippen LogP contribution in [0, 0.1) is 6.92 Å². The van der Waals surface area contributed by atoms with Gasteiger partial charge in [-0.1, -0.05) is 11.8 Å². The van der Waals surface area contributed by atoms with Crippen LogP contribution in [0.15, 0.2) is 16.0 Å². The van der Waals surface area contributed by atoms with Gasteiger partial charge in [-0.15, -0.1) is 0 Å². The van der Waals surface area contributed by atoms with Gasteiger partial charge in [-0.3, -0.25) is 9.59 Å². The van der Waals surface area contributed by atoms with Crippen LogP contribution >= 0.6 is 11.8 Å². The Labute approximate surface area is 122 Å². The van der Waals surface area contributed by atoms with Gasteiger partial charge in [0.2, 0.25) is 5.91 Å². The fourth-order valence-electron chi connectivity index (χ4n) is 1.88. The predicted octanol–water partition coefficient (Wildman–Crippen LogP) is 0.803. The third-order valence-corrected chi connectivity index (χ3v) is 3.71. The Morgan fingerprint density at radius 2 is 2.25 bits per heavy atom. The quantitative estimate of drug-likeness (QED) is 0.510. The Balaban J connectivity index is 2.65. The zero-order valence-electron chi connectivity index (χ0n) is 12.3. The van der Waals surface area contributed by atoms with E-state index in [9.17, 15) is 9.59 Å². The summed E-state index contributed by atoms with van der Waals surface area (Å²) in [4.78, 5) is 29.8. The molecule has 1 rings (SSSR count). The van der Waals surface area contributed by atoms with Crippen LogP contribution in [0.1, 0.15) is 32.9 Å². The topological polar surface area (TPSA) is 101 Å². The van der Waals surface area contributed by atoms with Crippen LogP contribution in [0.5, 0.6) is 0 Å². The summed E-state index contributed by atoms with van der Waals surface area (Å²) < 4.78 is 0. The van der Waals surface area contributed by atoms with Gasteiger partial charge in [-0.05, 0) is 34.1 Å². The summed E-state index contributed by atoms with van der Waals surface area (Å²) >= 11 is 1.41. The van der Waals surface area contributed by atoms with Gasteiger partial charge in [-0.2, -0.15) is 0 Å². The highest BCUT2D eigenvalue weighted by Crippen LogP contribution is 2.19. The molecule has 0 aliphatic heterocycles. The van der Waals surface area contributed by atoms with Crippen molar-refractivity contribution in [2.75, 3.05) is 5.75 Å². The van der Waals surface area contributed by atoms with E-state index in [1.165, 1.54) is 17.8 Å². The number of aromatic nitrogens is 2. The van der Waals surface area contributed by atoms with Crippen molar-refractivity contribution in [3.05, 3.63) is 22.1 Å². The van der Waals surface area contributed by atoms with Crippen LogP contribution in [-0.2, 0) is 4.79 Å². The summed E-state index contributed by atoms with van der Waals surface area (Å²) in [6.45, 7) is 7.50. The SMILES string of the molecule is Cc1cc(=O)[nH]c(SCCC(C)(NC(C)C)C(N)=O)n1. The molecule has 0 spiro atoms. The molecule has 1 atom stereocenters. The Morgan fingerprint density at radius 3 is 2.75 bits per heavy atom. The first-order chi connectivity index (χ1) is 9.23. The van der Waals surface area contributed by atoms with Gasteiger partial charge in [0.1, 0.15) is 0 Å². The van der Waals surface area contributed by atoms with Gasteiger partial charge < -0.3 is 16.0 Å². The first kappa shape index (κ1) is 16.7. The maximum absolute atomic E-state index is 11.6. The second-order valence-electron chi connectivity index (χ2n) is 5.29. The molecule has 0 aliphatic carbocycles. The summed E-state index contributed by atoms with van der Waals surface area (Å²) in [6, 6.07) is 1.60. The van der Waals surface area contributed by atoms with Crippen molar-refractivity contribution in [2.45, 2.75) is 50.9 Å². The number of nitrogens with zero attached hydrogens (tertiary/aromatic N) is 1. The second kappa shape index (κ2) is 6.90. The molecule has 6 nitrogen and oxygen atoms in total. The zero-order chi connectivity index (χ0) is 15.3. The van der Waals surface area contributed by atoms with E-state index in [-0.39, 0.29) is 17.5 Å². The molecule has 0 saturated carbocycles. The number of rotatable bonds is 7. The summed E-state index contributed by atoms with van der Waals surface area (Å²) in [5.41, 5.74) is 5.21. The number of amides is 1.